The molecule has 92 valence electrons. The van der Waals surface area contributed by atoms with E-state index in [1.54, 1.807) is 0 Å². The minimum atomic E-state index is 0.528. The predicted octanol–water partition coefficient (Wildman–Crippen LogP) is 2.95. The second kappa shape index (κ2) is 6.15. The van der Waals surface area contributed by atoms with E-state index < -0.39 is 0 Å². The van der Waals surface area contributed by atoms with Gasteiger partial charge in [0.05, 0.1) is 23.9 Å². The Morgan fingerprint density at radius 1 is 1.41 bits per heavy atom. The standard InChI is InChI=1S/C14H21N3/c1-11(2)10-17(8-4-7-15)14-6-5-12(3)9-13(14)16/h5-6,9,11H,4,8,10,16H2,1-3H3. The van der Waals surface area contributed by atoms with E-state index in [2.05, 4.69) is 30.9 Å². The molecular formula is C14H21N3. The maximum Gasteiger partial charge on any atom is 0.0640 e. The van der Waals surface area contributed by atoms with Gasteiger partial charge in [-0.2, -0.15) is 5.26 Å². The van der Waals surface area contributed by atoms with Crippen LogP contribution in [0.15, 0.2) is 18.2 Å². The Hall–Kier alpha value is -1.69. The molecule has 0 aliphatic rings. The van der Waals surface area contributed by atoms with Crippen molar-refractivity contribution >= 4 is 11.4 Å². The number of aryl methyl sites for hydroxylation is 1. The third-order valence-corrected chi connectivity index (χ3v) is 2.60. The molecule has 0 unspecified atom stereocenters. The maximum atomic E-state index is 8.70. The summed E-state index contributed by atoms with van der Waals surface area (Å²) in [6, 6.07) is 8.28. The van der Waals surface area contributed by atoms with Gasteiger partial charge >= 0.3 is 0 Å². The van der Waals surface area contributed by atoms with Gasteiger partial charge in [-0.05, 0) is 30.5 Å². The van der Waals surface area contributed by atoms with Crippen LogP contribution in [0, 0.1) is 24.2 Å². The van der Waals surface area contributed by atoms with E-state index in [0.29, 0.717) is 12.3 Å². The number of nitrogens with two attached hydrogens (primary N) is 1. The average molecular weight is 231 g/mol. The zero-order valence-electron chi connectivity index (χ0n) is 10.9. The van der Waals surface area contributed by atoms with Gasteiger partial charge < -0.3 is 10.6 Å². The molecule has 3 heteroatoms. The van der Waals surface area contributed by atoms with Crippen LogP contribution in [-0.4, -0.2) is 13.1 Å². The molecule has 0 atom stereocenters. The van der Waals surface area contributed by atoms with E-state index in [-0.39, 0.29) is 0 Å². The van der Waals surface area contributed by atoms with Crippen molar-refractivity contribution < 1.29 is 0 Å². The first-order valence-electron chi connectivity index (χ1n) is 6.02. The van der Waals surface area contributed by atoms with Crippen LogP contribution in [0.3, 0.4) is 0 Å². The van der Waals surface area contributed by atoms with E-state index in [4.69, 9.17) is 11.0 Å². The van der Waals surface area contributed by atoms with E-state index in [1.807, 2.05) is 19.1 Å². The van der Waals surface area contributed by atoms with Crippen LogP contribution in [0.25, 0.3) is 0 Å². The molecule has 0 saturated heterocycles. The third kappa shape index (κ3) is 3.99. The van der Waals surface area contributed by atoms with Gasteiger partial charge in [-0.15, -0.1) is 0 Å². The minimum absolute atomic E-state index is 0.528. The fourth-order valence-electron chi connectivity index (χ4n) is 1.90. The Balaban J connectivity index is 2.91. The van der Waals surface area contributed by atoms with Gasteiger partial charge in [-0.25, -0.2) is 0 Å². The lowest BCUT2D eigenvalue weighted by atomic mass is 10.1. The molecule has 0 radical (unpaired) electrons. The van der Waals surface area contributed by atoms with Gasteiger partial charge in [-0.3, -0.25) is 0 Å². The summed E-state index contributed by atoms with van der Waals surface area (Å²) in [6.07, 6.45) is 0.528. The monoisotopic (exact) mass is 231 g/mol. The molecule has 0 fully saturated rings. The molecule has 0 heterocycles. The highest BCUT2D eigenvalue weighted by Crippen LogP contribution is 2.25. The van der Waals surface area contributed by atoms with Crippen molar-refractivity contribution in [3.63, 3.8) is 0 Å². The molecule has 0 spiro atoms. The summed E-state index contributed by atoms with van der Waals surface area (Å²) in [7, 11) is 0. The van der Waals surface area contributed by atoms with Crippen molar-refractivity contribution in [3.8, 4) is 6.07 Å². The summed E-state index contributed by atoms with van der Waals surface area (Å²) in [5, 5.41) is 8.70. The summed E-state index contributed by atoms with van der Waals surface area (Å²) < 4.78 is 0. The highest BCUT2D eigenvalue weighted by atomic mass is 15.1. The zero-order valence-corrected chi connectivity index (χ0v) is 10.9. The van der Waals surface area contributed by atoms with Gasteiger partial charge in [0.25, 0.3) is 0 Å². The summed E-state index contributed by atoms with van der Waals surface area (Å²) in [5.74, 6) is 0.550. The van der Waals surface area contributed by atoms with Gasteiger partial charge in [-0.1, -0.05) is 19.9 Å². The molecule has 0 saturated carbocycles. The molecule has 1 rings (SSSR count). The smallest absolute Gasteiger partial charge is 0.0640 e. The predicted molar refractivity (Wildman–Crippen MR) is 72.9 cm³/mol. The molecule has 0 bridgehead atoms. The summed E-state index contributed by atoms with van der Waals surface area (Å²) in [6.45, 7) is 8.03. The lowest BCUT2D eigenvalue weighted by molar-refractivity contribution is 0.612. The second-order valence-electron chi connectivity index (χ2n) is 4.81. The number of nitriles is 1. The highest BCUT2D eigenvalue weighted by molar-refractivity contribution is 5.68. The first-order chi connectivity index (χ1) is 8.04. The van der Waals surface area contributed by atoms with Crippen molar-refractivity contribution in [2.75, 3.05) is 23.7 Å². The van der Waals surface area contributed by atoms with Gasteiger partial charge in [0.15, 0.2) is 0 Å². The van der Waals surface area contributed by atoms with Crippen LogP contribution >= 0.6 is 0 Å². The van der Waals surface area contributed by atoms with E-state index in [1.165, 1.54) is 0 Å². The van der Waals surface area contributed by atoms with Gasteiger partial charge in [0, 0.05) is 13.1 Å². The van der Waals surface area contributed by atoms with Crippen molar-refractivity contribution in [1.82, 2.24) is 0 Å². The Morgan fingerprint density at radius 2 is 2.12 bits per heavy atom. The number of hydrogen-bond donors (Lipinski definition) is 1. The molecular weight excluding hydrogens is 210 g/mol. The Kier molecular flexibility index (Phi) is 4.84. The minimum Gasteiger partial charge on any atom is -0.397 e. The van der Waals surface area contributed by atoms with E-state index >= 15 is 0 Å². The molecule has 0 aliphatic carbocycles. The van der Waals surface area contributed by atoms with Crippen LogP contribution in [0.4, 0.5) is 11.4 Å². The second-order valence-corrected chi connectivity index (χ2v) is 4.81. The molecule has 1 aromatic carbocycles. The fourth-order valence-corrected chi connectivity index (χ4v) is 1.90. The van der Waals surface area contributed by atoms with Crippen molar-refractivity contribution in [2.45, 2.75) is 27.2 Å². The fraction of sp³-hybridized carbons (Fsp3) is 0.500. The Morgan fingerprint density at radius 3 is 2.65 bits per heavy atom. The van der Waals surface area contributed by atoms with Crippen molar-refractivity contribution in [2.24, 2.45) is 5.92 Å². The first-order valence-corrected chi connectivity index (χ1v) is 6.02. The molecule has 3 nitrogen and oxygen atoms in total. The SMILES string of the molecule is Cc1ccc(N(CCC#N)CC(C)C)c(N)c1. The van der Waals surface area contributed by atoms with Crippen LogP contribution in [-0.2, 0) is 0 Å². The first kappa shape index (κ1) is 13.4. The lowest BCUT2D eigenvalue weighted by Gasteiger charge is -2.27. The summed E-state index contributed by atoms with van der Waals surface area (Å²) in [4.78, 5) is 2.20. The van der Waals surface area contributed by atoms with Crippen LogP contribution in [0.5, 0.6) is 0 Å². The largest absolute Gasteiger partial charge is 0.397 e. The lowest BCUT2D eigenvalue weighted by Crippen LogP contribution is -2.29. The third-order valence-electron chi connectivity index (χ3n) is 2.60. The maximum absolute atomic E-state index is 8.70. The number of anilines is 2. The quantitative estimate of drug-likeness (QED) is 0.793. The Labute approximate surface area is 104 Å². The normalized spacial score (nSPS) is 10.3. The molecule has 2 N–H and O–H groups in total. The number of nitrogen functional groups attached to an aromatic ring is 1. The molecule has 17 heavy (non-hydrogen) atoms. The number of benzene rings is 1. The van der Waals surface area contributed by atoms with Crippen LogP contribution in [0.1, 0.15) is 25.8 Å². The van der Waals surface area contributed by atoms with Gasteiger partial charge in [0.2, 0.25) is 0 Å². The average Bonchev–Trinajstić information content (AvgIpc) is 2.24. The van der Waals surface area contributed by atoms with E-state index in [9.17, 15) is 0 Å². The summed E-state index contributed by atoms with van der Waals surface area (Å²) in [5.41, 5.74) is 9.04. The molecule has 1 aromatic rings. The van der Waals surface area contributed by atoms with Crippen molar-refractivity contribution in [1.29, 1.82) is 5.26 Å². The highest BCUT2D eigenvalue weighted by Gasteiger charge is 2.11. The van der Waals surface area contributed by atoms with Gasteiger partial charge in [0.1, 0.15) is 0 Å². The van der Waals surface area contributed by atoms with E-state index in [0.717, 1.165) is 30.0 Å². The number of hydrogen-bond acceptors (Lipinski definition) is 3. The molecule has 0 aliphatic heterocycles. The van der Waals surface area contributed by atoms with Crippen LogP contribution in [0.2, 0.25) is 0 Å². The Bertz CT molecular complexity index is 404. The molecule has 0 amide bonds. The number of rotatable bonds is 5. The number of nitrogens with zero attached hydrogens (tertiary/aromatic N) is 2. The topological polar surface area (TPSA) is 53.0 Å². The molecule has 0 aromatic heterocycles. The zero-order chi connectivity index (χ0) is 12.8. The van der Waals surface area contributed by atoms with Crippen molar-refractivity contribution in [3.05, 3.63) is 23.8 Å². The van der Waals surface area contributed by atoms with Crippen LogP contribution < -0.4 is 10.6 Å². The summed E-state index contributed by atoms with van der Waals surface area (Å²) >= 11 is 0.